The molecule has 0 atom stereocenters. The molecule has 0 aliphatic heterocycles. The molecule has 0 fully saturated rings. The van der Waals surface area contributed by atoms with Gasteiger partial charge in [-0.2, -0.15) is 4.98 Å². The Morgan fingerprint density at radius 3 is 2.89 bits per heavy atom. The van der Waals surface area contributed by atoms with Crippen LogP contribution >= 0.6 is 23.2 Å². The monoisotopic (exact) mass is 281 g/mol. The normalized spacial score (nSPS) is 10.4. The zero-order chi connectivity index (χ0) is 13.0. The minimum Gasteiger partial charge on any atom is -0.368 e. The van der Waals surface area contributed by atoms with Gasteiger partial charge >= 0.3 is 0 Å². The van der Waals surface area contributed by atoms with Crippen molar-refractivity contribution in [1.82, 2.24) is 9.97 Å². The van der Waals surface area contributed by atoms with E-state index in [9.17, 15) is 0 Å². The maximum atomic E-state index is 5.96. The third-order valence-electron chi connectivity index (χ3n) is 2.50. The summed E-state index contributed by atoms with van der Waals surface area (Å²) in [5, 5.41) is 3.82. The van der Waals surface area contributed by atoms with Gasteiger partial charge in [0.15, 0.2) is 0 Å². The molecule has 0 aliphatic rings. The Balaban J connectivity index is 1.94. The molecular formula is C13H13Cl2N3. The number of nitrogens with zero attached hydrogens (tertiary/aromatic N) is 2. The highest BCUT2D eigenvalue weighted by molar-refractivity contribution is 6.33. The molecule has 1 heterocycles. The van der Waals surface area contributed by atoms with Crippen LogP contribution in [0.15, 0.2) is 30.5 Å². The first kappa shape index (κ1) is 13.1. The number of hydrogen-bond donors (Lipinski definition) is 1. The van der Waals surface area contributed by atoms with Gasteiger partial charge in [0.25, 0.3) is 0 Å². The Bertz CT molecular complexity index is 544. The lowest BCUT2D eigenvalue weighted by Gasteiger charge is -2.07. The summed E-state index contributed by atoms with van der Waals surface area (Å²) in [4.78, 5) is 7.83. The Morgan fingerprint density at radius 1 is 1.28 bits per heavy atom. The average molecular weight is 282 g/mol. The molecular weight excluding hydrogens is 269 g/mol. The van der Waals surface area contributed by atoms with Gasteiger partial charge in [-0.05, 0) is 30.5 Å². The van der Waals surface area contributed by atoms with Crippen LogP contribution in [0.4, 0.5) is 5.82 Å². The van der Waals surface area contributed by atoms with Gasteiger partial charge in [0.2, 0.25) is 5.28 Å². The first-order chi connectivity index (χ1) is 8.65. The molecule has 18 heavy (non-hydrogen) atoms. The highest BCUT2D eigenvalue weighted by Gasteiger charge is 2.03. The van der Waals surface area contributed by atoms with E-state index < -0.39 is 0 Å². The highest BCUT2D eigenvalue weighted by atomic mass is 35.5. The summed E-state index contributed by atoms with van der Waals surface area (Å²) in [6.07, 6.45) is 2.39. The third kappa shape index (κ3) is 3.59. The molecule has 3 nitrogen and oxygen atoms in total. The zero-order valence-electron chi connectivity index (χ0n) is 9.95. The number of hydrogen-bond acceptors (Lipinski definition) is 3. The minimum atomic E-state index is 0.192. The van der Waals surface area contributed by atoms with Crippen LogP contribution in [0.3, 0.4) is 0 Å². The molecule has 2 aromatic rings. The Labute approximate surface area is 116 Å². The largest absolute Gasteiger partial charge is 0.368 e. The number of halogens is 2. The lowest BCUT2D eigenvalue weighted by molar-refractivity contribution is 0.997. The lowest BCUT2D eigenvalue weighted by Crippen LogP contribution is -2.07. The van der Waals surface area contributed by atoms with Crippen molar-refractivity contribution in [3.05, 3.63) is 51.9 Å². The fourth-order valence-corrected chi connectivity index (χ4v) is 1.95. The fourth-order valence-electron chi connectivity index (χ4n) is 1.66. The van der Waals surface area contributed by atoms with E-state index in [0.717, 1.165) is 13.0 Å². The molecule has 0 unspecified atom stereocenters. The SMILES string of the molecule is Cc1cccc(CCNc2nc(Cl)ncc2Cl)c1. The van der Waals surface area contributed by atoms with Crippen molar-refractivity contribution in [2.24, 2.45) is 0 Å². The summed E-state index contributed by atoms with van der Waals surface area (Å²) >= 11 is 11.7. The van der Waals surface area contributed by atoms with Crippen LogP contribution in [-0.2, 0) is 6.42 Å². The van der Waals surface area contributed by atoms with E-state index in [2.05, 4.69) is 46.5 Å². The predicted octanol–water partition coefficient (Wildman–Crippen LogP) is 3.75. The van der Waals surface area contributed by atoms with Crippen molar-refractivity contribution in [3.63, 3.8) is 0 Å². The second-order valence-electron chi connectivity index (χ2n) is 4.00. The fraction of sp³-hybridized carbons (Fsp3) is 0.231. The number of aromatic nitrogens is 2. The van der Waals surface area contributed by atoms with Crippen LogP contribution < -0.4 is 5.32 Å². The minimum absolute atomic E-state index is 0.192. The van der Waals surface area contributed by atoms with Gasteiger partial charge in [-0.25, -0.2) is 4.98 Å². The Morgan fingerprint density at radius 2 is 2.11 bits per heavy atom. The van der Waals surface area contributed by atoms with Crippen molar-refractivity contribution in [2.45, 2.75) is 13.3 Å². The molecule has 94 valence electrons. The molecule has 1 N–H and O–H groups in total. The Hall–Kier alpha value is -1.32. The first-order valence-electron chi connectivity index (χ1n) is 5.62. The smallest absolute Gasteiger partial charge is 0.224 e. The second-order valence-corrected chi connectivity index (χ2v) is 4.75. The van der Waals surface area contributed by atoms with Crippen LogP contribution in [0.25, 0.3) is 0 Å². The van der Waals surface area contributed by atoms with Crippen LogP contribution in [0.5, 0.6) is 0 Å². The van der Waals surface area contributed by atoms with Gasteiger partial charge in [0, 0.05) is 6.54 Å². The number of rotatable bonds is 4. The van der Waals surface area contributed by atoms with Crippen LogP contribution in [0, 0.1) is 6.92 Å². The van der Waals surface area contributed by atoms with E-state index in [1.54, 1.807) is 0 Å². The summed E-state index contributed by atoms with van der Waals surface area (Å²) in [7, 11) is 0. The second kappa shape index (κ2) is 6.03. The molecule has 0 amide bonds. The van der Waals surface area contributed by atoms with Crippen molar-refractivity contribution >= 4 is 29.0 Å². The zero-order valence-corrected chi connectivity index (χ0v) is 11.5. The summed E-state index contributed by atoms with van der Waals surface area (Å²) in [6, 6.07) is 8.40. The van der Waals surface area contributed by atoms with Crippen molar-refractivity contribution < 1.29 is 0 Å². The number of benzene rings is 1. The standard InChI is InChI=1S/C13H13Cl2N3/c1-9-3-2-4-10(7-9)5-6-16-12-11(14)8-17-13(15)18-12/h2-4,7-8H,5-6H2,1H3,(H,16,17,18). The molecule has 0 bridgehead atoms. The third-order valence-corrected chi connectivity index (χ3v) is 2.96. The summed E-state index contributed by atoms with van der Waals surface area (Å²) in [5.41, 5.74) is 2.54. The molecule has 0 saturated carbocycles. The lowest BCUT2D eigenvalue weighted by atomic mass is 10.1. The molecule has 1 aromatic carbocycles. The molecule has 0 radical (unpaired) electrons. The van der Waals surface area contributed by atoms with Gasteiger partial charge in [-0.3, -0.25) is 0 Å². The van der Waals surface area contributed by atoms with Crippen LogP contribution in [0.2, 0.25) is 10.3 Å². The van der Waals surface area contributed by atoms with Gasteiger partial charge in [-0.1, -0.05) is 41.4 Å². The van der Waals surface area contributed by atoms with E-state index in [1.165, 1.54) is 17.3 Å². The summed E-state index contributed by atoms with van der Waals surface area (Å²) < 4.78 is 0. The van der Waals surface area contributed by atoms with Crippen molar-refractivity contribution in [1.29, 1.82) is 0 Å². The van der Waals surface area contributed by atoms with Crippen LogP contribution in [0.1, 0.15) is 11.1 Å². The maximum absolute atomic E-state index is 5.96. The average Bonchev–Trinajstić information content (AvgIpc) is 2.34. The first-order valence-corrected chi connectivity index (χ1v) is 6.38. The van der Waals surface area contributed by atoms with Crippen LogP contribution in [-0.4, -0.2) is 16.5 Å². The van der Waals surface area contributed by atoms with Gasteiger partial charge < -0.3 is 5.32 Å². The number of anilines is 1. The van der Waals surface area contributed by atoms with Gasteiger partial charge in [-0.15, -0.1) is 0 Å². The van der Waals surface area contributed by atoms with Gasteiger partial charge in [0.05, 0.1) is 6.20 Å². The number of aryl methyl sites for hydroxylation is 1. The van der Waals surface area contributed by atoms with Crippen molar-refractivity contribution in [2.75, 3.05) is 11.9 Å². The molecule has 5 heteroatoms. The summed E-state index contributed by atoms with van der Waals surface area (Å²) in [6.45, 7) is 2.83. The molecule has 0 saturated heterocycles. The van der Waals surface area contributed by atoms with E-state index in [-0.39, 0.29) is 5.28 Å². The summed E-state index contributed by atoms with van der Waals surface area (Å²) in [5.74, 6) is 0.573. The molecule has 1 aromatic heterocycles. The molecule has 2 rings (SSSR count). The topological polar surface area (TPSA) is 37.8 Å². The molecule has 0 spiro atoms. The Kier molecular flexibility index (Phi) is 4.39. The maximum Gasteiger partial charge on any atom is 0.224 e. The predicted molar refractivity (Wildman–Crippen MR) is 75.4 cm³/mol. The molecule has 0 aliphatic carbocycles. The van der Waals surface area contributed by atoms with Crippen molar-refractivity contribution in [3.8, 4) is 0 Å². The van der Waals surface area contributed by atoms with Gasteiger partial charge in [0.1, 0.15) is 10.8 Å². The highest BCUT2D eigenvalue weighted by Crippen LogP contribution is 2.19. The quantitative estimate of drug-likeness (QED) is 0.868. The van der Waals surface area contributed by atoms with E-state index in [0.29, 0.717) is 10.8 Å². The van der Waals surface area contributed by atoms with E-state index in [4.69, 9.17) is 23.2 Å². The van der Waals surface area contributed by atoms with E-state index in [1.807, 2.05) is 0 Å². The number of nitrogens with one attached hydrogen (secondary N) is 1. The van der Waals surface area contributed by atoms with E-state index >= 15 is 0 Å².